The van der Waals surface area contributed by atoms with E-state index >= 15 is 0 Å². The summed E-state index contributed by atoms with van der Waals surface area (Å²) in [4.78, 5) is 25.6. The number of carbonyl (C=O) groups excluding carboxylic acids is 1. The maximum absolute atomic E-state index is 14.3. The fraction of sp³-hybridized carbons (Fsp3) is 0.240. The van der Waals surface area contributed by atoms with Crippen LogP contribution in [0.4, 0.5) is 16.0 Å². The van der Waals surface area contributed by atoms with Crippen molar-refractivity contribution in [3.05, 3.63) is 77.0 Å². The lowest BCUT2D eigenvalue weighted by Gasteiger charge is -2.12. The summed E-state index contributed by atoms with van der Waals surface area (Å²) in [6.45, 7) is 0.302. The molecule has 0 spiro atoms. The van der Waals surface area contributed by atoms with Gasteiger partial charge in [-0.05, 0) is 43.0 Å². The van der Waals surface area contributed by atoms with Crippen molar-refractivity contribution in [3.8, 4) is 17.3 Å². The molecule has 0 atom stereocenters. The van der Waals surface area contributed by atoms with Gasteiger partial charge in [-0.2, -0.15) is 5.10 Å². The van der Waals surface area contributed by atoms with Gasteiger partial charge in [0.15, 0.2) is 17.5 Å². The van der Waals surface area contributed by atoms with Gasteiger partial charge in [-0.15, -0.1) is 0 Å². The fourth-order valence-corrected chi connectivity index (χ4v) is 4.33. The number of halogens is 1. The highest BCUT2D eigenvalue weighted by Crippen LogP contribution is 2.35. The lowest BCUT2D eigenvalue weighted by Crippen LogP contribution is -2.17. The summed E-state index contributed by atoms with van der Waals surface area (Å²) in [6.07, 6.45) is 5.99. The molecular formula is C25H24FN7O2. The van der Waals surface area contributed by atoms with Crippen molar-refractivity contribution in [2.75, 3.05) is 18.2 Å². The largest absolute Gasteiger partial charge is 0.490 e. The van der Waals surface area contributed by atoms with Gasteiger partial charge in [-0.3, -0.25) is 14.5 Å². The van der Waals surface area contributed by atoms with E-state index in [1.54, 1.807) is 42.7 Å². The molecule has 1 aromatic carbocycles. The van der Waals surface area contributed by atoms with Gasteiger partial charge in [0, 0.05) is 29.2 Å². The van der Waals surface area contributed by atoms with E-state index in [1.165, 1.54) is 13.2 Å². The number of pyridine rings is 1. The second kappa shape index (κ2) is 9.49. The van der Waals surface area contributed by atoms with E-state index in [-0.39, 0.29) is 41.4 Å². The van der Waals surface area contributed by atoms with Crippen LogP contribution in [0.3, 0.4) is 0 Å². The molecule has 35 heavy (non-hydrogen) atoms. The SMILES string of the molecule is COc1c(N)nc(-c2nn(Cc3ccccc3F)c3c2CCC3)nc1NC(=O)Cc1ccncc1. The first-order valence-corrected chi connectivity index (χ1v) is 11.3. The molecule has 0 bridgehead atoms. The first kappa shape index (κ1) is 22.5. The number of benzene rings is 1. The van der Waals surface area contributed by atoms with Crippen LogP contribution in [-0.4, -0.2) is 37.7 Å². The molecule has 5 rings (SSSR count). The van der Waals surface area contributed by atoms with Crippen LogP contribution in [-0.2, 0) is 30.6 Å². The van der Waals surface area contributed by atoms with Gasteiger partial charge in [0.1, 0.15) is 11.5 Å². The van der Waals surface area contributed by atoms with E-state index < -0.39 is 0 Å². The third kappa shape index (κ3) is 4.54. The Morgan fingerprint density at radius 2 is 1.97 bits per heavy atom. The van der Waals surface area contributed by atoms with Crippen molar-refractivity contribution in [1.82, 2.24) is 24.7 Å². The number of hydrogen-bond donors (Lipinski definition) is 2. The molecule has 0 aliphatic heterocycles. The van der Waals surface area contributed by atoms with Gasteiger partial charge < -0.3 is 15.8 Å². The van der Waals surface area contributed by atoms with Crippen molar-refractivity contribution < 1.29 is 13.9 Å². The number of nitrogens with zero attached hydrogens (tertiary/aromatic N) is 5. The van der Waals surface area contributed by atoms with Crippen molar-refractivity contribution in [2.45, 2.75) is 32.2 Å². The van der Waals surface area contributed by atoms with Gasteiger partial charge in [0.05, 0.1) is 20.1 Å². The van der Waals surface area contributed by atoms with Gasteiger partial charge >= 0.3 is 0 Å². The second-order valence-electron chi connectivity index (χ2n) is 8.27. The summed E-state index contributed by atoms with van der Waals surface area (Å²) in [6, 6.07) is 10.2. The number of rotatable bonds is 7. The standard InChI is InChI=1S/C25H24FN7O2/c1-35-22-23(27)30-24(31-25(22)29-20(34)13-15-9-11-28-12-10-15)21-17-6-4-8-19(17)33(32-21)14-16-5-2-3-7-18(16)26/h2-3,5,7,9-12H,4,6,8,13-14H2,1H3,(H3,27,29,30,31,34). The Kier molecular flexibility index (Phi) is 6.09. The molecule has 3 N–H and O–H groups in total. The smallest absolute Gasteiger partial charge is 0.230 e. The number of aromatic nitrogens is 5. The van der Waals surface area contributed by atoms with Crippen LogP contribution in [0.1, 0.15) is 28.8 Å². The van der Waals surface area contributed by atoms with Crippen LogP contribution in [0.5, 0.6) is 5.75 Å². The van der Waals surface area contributed by atoms with Gasteiger partial charge in [-0.1, -0.05) is 18.2 Å². The third-order valence-electron chi connectivity index (χ3n) is 5.96. The number of amides is 1. The average molecular weight is 474 g/mol. The molecule has 3 heterocycles. The molecule has 1 amide bonds. The highest BCUT2D eigenvalue weighted by molar-refractivity contribution is 5.93. The summed E-state index contributed by atoms with van der Waals surface area (Å²) in [5.74, 6) is 0.165. The van der Waals surface area contributed by atoms with E-state index in [0.717, 1.165) is 36.1 Å². The molecular weight excluding hydrogens is 449 g/mol. The molecule has 3 aromatic heterocycles. The zero-order valence-corrected chi connectivity index (χ0v) is 19.2. The van der Waals surface area contributed by atoms with Crippen LogP contribution >= 0.6 is 0 Å². The lowest BCUT2D eigenvalue weighted by atomic mass is 10.2. The molecule has 0 radical (unpaired) electrons. The number of methoxy groups -OCH3 is 1. The van der Waals surface area contributed by atoms with Gasteiger partial charge in [0.2, 0.25) is 11.7 Å². The summed E-state index contributed by atoms with van der Waals surface area (Å²) < 4.78 is 21.5. The van der Waals surface area contributed by atoms with Gasteiger partial charge in [-0.25, -0.2) is 14.4 Å². The number of carbonyl (C=O) groups is 1. The molecule has 0 unspecified atom stereocenters. The topological polar surface area (TPSA) is 121 Å². The van der Waals surface area contributed by atoms with Crippen LogP contribution < -0.4 is 15.8 Å². The predicted molar refractivity (Wildman–Crippen MR) is 128 cm³/mol. The molecule has 0 fully saturated rings. The predicted octanol–water partition coefficient (Wildman–Crippen LogP) is 3.18. The molecule has 178 valence electrons. The number of ether oxygens (including phenoxy) is 1. The second-order valence-corrected chi connectivity index (χ2v) is 8.27. The lowest BCUT2D eigenvalue weighted by molar-refractivity contribution is -0.115. The van der Waals surface area contributed by atoms with E-state index in [2.05, 4.69) is 20.3 Å². The summed E-state index contributed by atoms with van der Waals surface area (Å²) >= 11 is 0. The van der Waals surface area contributed by atoms with Gasteiger partial charge in [0.25, 0.3) is 0 Å². The average Bonchev–Trinajstić information content (AvgIpc) is 3.45. The molecule has 9 nitrogen and oxygen atoms in total. The van der Waals surface area contributed by atoms with Crippen LogP contribution in [0, 0.1) is 5.82 Å². The zero-order valence-electron chi connectivity index (χ0n) is 19.2. The minimum Gasteiger partial charge on any atom is -0.490 e. The molecule has 10 heteroatoms. The molecule has 1 aliphatic carbocycles. The Morgan fingerprint density at radius 3 is 2.74 bits per heavy atom. The van der Waals surface area contributed by atoms with Crippen LogP contribution in [0.2, 0.25) is 0 Å². The van der Waals surface area contributed by atoms with Crippen molar-refractivity contribution in [2.24, 2.45) is 0 Å². The Morgan fingerprint density at radius 1 is 1.17 bits per heavy atom. The number of nitrogen functional groups attached to an aromatic ring is 1. The van der Waals surface area contributed by atoms with E-state index in [0.29, 0.717) is 17.8 Å². The summed E-state index contributed by atoms with van der Waals surface area (Å²) in [5, 5.41) is 7.52. The molecule has 0 saturated carbocycles. The van der Waals surface area contributed by atoms with E-state index in [1.807, 2.05) is 4.68 Å². The molecule has 0 saturated heterocycles. The third-order valence-corrected chi connectivity index (χ3v) is 5.96. The maximum atomic E-state index is 14.3. The normalized spacial score (nSPS) is 12.4. The number of fused-ring (bicyclic) bond motifs is 1. The number of nitrogens with one attached hydrogen (secondary N) is 1. The molecule has 4 aromatic rings. The van der Waals surface area contributed by atoms with Crippen LogP contribution in [0.15, 0.2) is 48.8 Å². The monoisotopic (exact) mass is 473 g/mol. The Hall–Kier alpha value is -4.34. The zero-order chi connectivity index (χ0) is 24.4. The first-order valence-electron chi connectivity index (χ1n) is 11.3. The number of nitrogens with two attached hydrogens (primary N) is 1. The Labute approximate surface area is 201 Å². The molecule has 1 aliphatic rings. The Balaban J connectivity index is 1.49. The van der Waals surface area contributed by atoms with Crippen LogP contribution in [0.25, 0.3) is 11.5 Å². The van der Waals surface area contributed by atoms with E-state index in [4.69, 9.17) is 15.6 Å². The minimum absolute atomic E-state index is 0.0899. The van der Waals surface area contributed by atoms with Crippen molar-refractivity contribution in [3.63, 3.8) is 0 Å². The van der Waals surface area contributed by atoms with Crippen molar-refractivity contribution >= 4 is 17.5 Å². The number of anilines is 2. The number of hydrogen-bond acceptors (Lipinski definition) is 7. The maximum Gasteiger partial charge on any atom is 0.230 e. The highest BCUT2D eigenvalue weighted by atomic mass is 19.1. The van der Waals surface area contributed by atoms with Crippen molar-refractivity contribution in [1.29, 1.82) is 0 Å². The minimum atomic E-state index is -0.283. The quantitative estimate of drug-likeness (QED) is 0.423. The first-order chi connectivity index (χ1) is 17.0. The Bertz CT molecular complexity index is 1390. The fourth-order valence-electron chi connectivity index (χ4n) is 4.33. The highest BCUT2D eigenvalue weighted by Gasteiger charge is 2.27. The summed E-state index contributed by atoms with van der Waals surface area (Å²) in [5.41, 5.74) is 10.2. The van der Waals surface area contributed by atoms with E-state index in [9.17, 15) is 9.18 Å². The summed E-state index contributed by atoms with van der Waals surface area (Å²) in [7, 11) is 1.44.